The molecule has 7 nitrogen and oxygen atoms in total. The molecule has 1 aliphatic carbocycles. The number of hydrogen-bond donors (Lipinski definition) is 1. The molecule has 1 saturated heterocycles. The van der Waals surface area contributed by atoms with Gasteiger partial charge in [-0.05, 0) is 62.1 Å². The predicted octanol–water partition coefficient (Wildman–Crippen LogP) is 3.17. The number of nitrogens with zero attached hydrogens (tertiary/aromatic N) is 5. The SMILES string of the molecule is CCn1c(-c2nc3cc(C(=O)N4C[C@H]5CCC4C5N)ccc3n2C)cc2cccnc21. The van der Waals surface area contributed by atoms with Crippen molar-refractivity contribution in [2.45, 2.75) is 38.4 Å². The molecule has 3 atom stereocenters. The standard InChI is InChI=1S/C24H26N6O/c1-3-29-20(12-14-5-4-10-26-22(14)29)23-27-17-11-15(6-8-18(17)28(23)2)24(31)30-13-16-7-9-19(30)21(16)25/h4-6,8,10-12,16,19,21H,3,7,9,13,25H2,1-2H3/t16-,19?,21?/m1/s1. The molecular formula is C24H26N6O. The van der Waals surface area contributed by atoms with E-state index in [2.05, 4.69) is 33.2 Å². The Bertz CT molecular complexity index is 1330. The van der Waals surface area contributed by atoms with Gasteiger partial charge in [-0.25, -0.2) is 9.97 Å². The summed E-state index contributed by atoms with van der Waals surface area (Å²) in [5, 5.41) is 1.10. The van der Waals surface area contributed by atoms with Gasteiger partial charge in [0.05, 0.1) is 16.7 Å². The fraction of sp³-hybridized carbons (Fsp3) is 0.375. The summed E-state index contributed by atoms with van der Waals surface area (Å²) in [6.45, 7) is 3.70. The highest BCUT2D eigenvalue weighted by molar-refractivity contribution is 5.98. The van der Waals surface area contributed by atoms with Gasteiger partial charge >= 0.3 is 0 Å². The summed E-state index contributed by atoms with van der Waals surface area (Å²) in [6.07, 6.45) is 3.98. The molecule has 2 bridgehead atoms. The van der Waals surface area contributed by atoms with E-state index in [1.807, 2.05) is 42.4 Å². The summed E-state index contributed by atoms with van der Waals surface area (Å²) in [7, 11) is 2.02. The zero-order valence-corrected chi connectivity index (χ0v) is 17.8. The predicted molar refractivity (Wildman–Crippen MR) is 121 cm³/mol. The number of benzene rings is 1. The van der Waals surface area contributed by atoms with E-state index in [0.29, 0.717) is 11.5 Å². The lowest BCUT2D eigenvalue weighted by molar-refractivity contribution is 0.0701. The number of carbonyl (C=O) groups is 1. The number of nitrogens with two attached hydrogens (primary N) is 1. The highest BCUT2D eigenvalue weighted by Crippen LogP contribution is 2.37. The Morgan fingerprint density at radius 2 is 2.10 bits per heavy atom. The summed E-state index contributed by atoms with van der Waals surface area (Å²) >= 11 is 0. The fourth-order valence-electron chi connectivity index (χ4n) is 5.60. The van der Waals surface area contributed by atoms with Crippen LogP contribution in [-0.2, 0) is 13.6 Å². The summed E-state index contributed by atoms with van der Waals surface area (Å²) in [5.41, 5.74) is 10.8. The van der Waals surface area contributed by atoms with Crippen molar-refractivity contribution in [2.75, 3.05) is 6.54 Å². The van der Waals surface area contributed by atoms with Crippen molar-refractivity contribution in [3.63, 3.8) is 0 Å². The van der Waals surface area contributed by atoms with E-state index < -0.39 is 0 Å². The number of hydrogen-bond acceptors (Lipinski definition) is 4. The maximum atomic E-state index is 13.2. The van der Waals surface area contributed by atoms with Crippen LogP contribution >= 0.6 is 0 Å². The second-order valence-electron chi connectivity index (χ2n) is 8.83. The third kappa shape index (κ3) is 2.59. The van der Waals surface area contributed by atoms with Crippen molar-refractivity contribution in [2.24, 2.45) is 18.7 Å². The molecule has 7 heteroatoms. The number of carbonyl (C=O) groups excluding carboxylic acids is 1. The van der Waals surface area contributed by atoms with Crippen molar-refractivity contribution in [1.29, 1.82) is 0 Å². The second-order valence-corrected chi connectivity index (χ2v) is 8.83. The first-order valence-corrected chi connectivity index (χ1v) is 11.0. The van der Waals surface area contributed by atoms with Crippen LogP contribution < -0.4 is 5.73 Å². The Morgan fingerprint density at radius 1 is 1.23 bits per heavy atom. The molecule has 1 saturated carbocycles. The minimum Gasteiger partial charge on any atom is -0.334 e. The van der Waals surface area contributed by atoms with Crippen LogP contribution in [0.5, 0.6) is 0 Å². The van der Waals surface area contributed by atoms with Crippen molar-refractivity contribution in [3.8, 4) is 11.5 Å². The molecule has 4 heterocycles. The number of piperidine rings is 1. The summed E-state index contributed by atoms with van der Waals surface area (Å²) in [6, 6.07) is 12.3. The quantitative estimate of drug-likeness (QED) is 0.558. The molecule has 2 fully saturated rings. The monoisotopic (exact) mass is 414 g/mol. The van der Waals surface area contributed by atoms with Crippen molar-refractivity contribution in [3.05, 3.63) is 48.2 Å². The number of aromatic nitrogens is 4. The average molecular weight is 415 g/mol. The molecule has 3 aromatic heterocycles. The van der Waals surface area contributed by atoms with Gasteiger partial charge in [0.1, 0.15) is 5.65 Å². The van der Waals surface area contributed by atoms with Gasteiger partial charge in [0, 0.05) is 49.4 Å². The lowest BCUT2D eigenvalue weighted by atomic mass is 10.1. The van der Waals surface area contributed by atoms with Crippen LogP contribution in [0.25, 0.3) is 33.6 Å². The smallest absolute Gasteiger partial charge is 0.254 e. The Morgan fingerprint density at radius 3 is 2.84 bits per heavy atom. The molecule has 31 heavy (non-hydrogen) atoms. The Hall–Kier alpha value is -3.19. The van der Waals surface area contributed by atoms with E-state index in [0.717, 1.165) is 59.5 Å². The molecule has 1 amide bonds. The molecule has 4 aromatic rings. The molecule has 2 unspecified atom stereocenters. The zero-order valence-electron chi connectivity index (χ0n) is 17.8. The summed E-state index contributed by atoms with van der Waals surface area (Å²) < 4.78 is 4.28. The lowest BCUT2D eigenvalue weighted by Crippen LogP contribution is -2.41. The topological polar surface area (TPSA) is 82.0 Å². The highest BCUT2D eigenvalue weighted by Gasteiger charge is 2.46. The number of aryl methyl sites for hydroxylation is 2. The van der Waals surface area contributed by atoms with Crippen molar-refractivity contribution < 1.29 is 4.79 Å². The van der Waals surface area contributed by atoms with Crippen molar-refractivity contribution in [1.82, 2.24) is 24.0 Å². The molecule has 2 aliphatic rings. The van der Waals surface area contributed by atoms with Gasteiger partial charge in [-0.3, -0.25) is 4.79 Å². The first-order chi connectivity index (χ1) is 15.1. The van der Waals surface area contributed by atoms with Gasteiger partial charge in [0.25, 0.3) is 5.91 Å². The summed E-state index contributed by atoms with van der Waals surface area (Å²) in [5.74, 6) is 1.40. The molecule has 1 aromatic carbocycles. The number of amides is 1. The Labute approximate surface area is 180 Å². The summed E-state index contributed by atoms with van der Waals surface area (Å²) in [4.78, 5) is 24.7. The van der Waals surface area contributed by atoms with Crippen LogP contribution in [-0.4, -0.2) is 48.5 Å². The number of pyridine rings is 1. The average Bonchev–Trinajstić information content (AvgIpc) is 3.52. The maximum Gasteiger partial charge on any atom is 0.254 e. The number of imidazole rings is 1. The third-order valence-electron chi connectivity index (χ3n) is 7.24. The molecular weight excluding hydrogens is 388 g/mol. The zero-order chi connectivity index (χ0) is 21.3. The van der Waals surface area contributed by atoms with Crippen LogP contribution in [0.4, 0.5) is 0 Å². The van der Waals surface area contributed by atoms with Gasteiger partial charge in [-0.2, -0.15) is 0 Å². The molecule has 1 aliphatic heterocycles. The fourth-order valence-corrected chi connectivity index (χ4v) is 5.60. The second kappa shape index (κ2) is 6.65. The number of likely N-dealkylation sites (tertiary alicyclic amines) is 1. The molecule has 158 valence electrons. The van der Waals surface area contributed by atoms with Gasteiger partial charge in [-0.1, -0.05) is 0 Å². The van der Waals surface area contributed by atoms with Crippen molar-refractivity contribution >= 4 is 28.0 Å². The van der Waals surface area contributed by atoms with Gasteiger partial charge < -0.3 is 19.8 Å². The Kier molecular flexibility index (Phi) is 3.99. The highest BCUT2D eigenvalue weighted by atomic mass is 16.2. The lowest BCUT2D eigenvalue weighted by Gasteiger charge is -2.27. The van der Waals surface area contributed by atoms with Crippen LogP contribution in [0.1, 0.15) is 30.1 Å². The number of fused-ring (bicyclic) bond motifs is 4. The van der Waals surface area contributed by atoms with Crippen LogP contribution in [0, 0.1) is 5.92 Å². The third-order valence-corrected chi connectivity index (χ3v) is 7.24. The van der Waals surface area contributed by atoms with Crippen LogP contribution in [0.15, 0.2) is 42.6 Å². The van der Waals surface area contributed by atoms with Gasteiger partial charge in [-0.15, -0.1) is 0 Å². The minimum atomic E-state index is 0.0728. The first-order valence-electron chi connectivity index (χ1n) is 11.0. The van der Waals surface area contributed by atoms with Gasteiger partial charge in [0.2, 0.25) is 0 Å². The normalized spacial score (nSPS) is 22.8. The van der Waals surface area contributed by atoms with E-state index in [1.54, 1.807) is 0 Å². The molecule has 6 rings (SSSR count). The minimum absolute atomic E-state index is 0.0728. The molecule has 0 radical (unpaired) electrons. The van der Waals surface area contributed by atoms with E-state index >= 15 is 0 Å². The van der Waals surface area contributed by atoms with E-state index in [4.69, 9.17) is 10.7 Å². The number of rotatable bonds is 3. The van der Waals surface area contributed by atoms with Gasteiger partial charge in [0.15, 0.2) is 5.82 Å². The van der Waals surface area contributed by atoms with Crippen LogP contribution in [0.2, 0.25) is 0 Å². The van der Waals surface area contributed by atoms with E-state index in [1.165, 1.54) is 0 Å². The maximum absolute atomic E-state index is 13.2. The largest absolute Gasteiger partial charge is 0.334 e. The Balaban J connectivity index is 1.42. The van der Waals surface area contributed by atoms with Crippen LogP contribution in [0.3, 0.4) is 0 Å². The van der Waals surface area contributed by atoms with E-state index in [-0.39, 0.29) is 18.0 Å². The molecule has 2 N–H and O–H groups in total. The first kappa shape index (κ1) is 18.6. The van der Waals surface area contributed by atoms with E-state index in [9.17, 15) is 4.79 Å². The molecule has 0 spiro atoms.